The van der Waals surface area contributed by atoms with E-state index in [-0.39, 0.29) is 5.92 Å². The fraction of sp³-hybridized carbons (Fsp3) is 0.588. The largest absolute Gasteiger partial charge is 0.313 e. The zero-order chi connectivity index (χ0) is 14.1. The molecule has 1 saturated carbocycles. The van der Waals surface area contributed by atoms with Crippen LogP contribution in [0.25, 0.3) is 0 Å². The summed E-state index contributed by atoms with van der Waals surface area (Å²) >= 11 is 0. The molecule has 1 aromatic carbocycles. The maximum Gasteiger partial charge on any atom is 0.230 e. The first-order valence-corrected chi connectivity index (χ1v) is 7.80. The first-order valence-electron chi connectivity index (χ1n) is 7.80. The lowest BCUT2D eigenvalue weighted by molar-refractivity contribution is -0.123. The minimum Gasteiger partial charge on any atom is -0.313 e. The number of rotatable bonds is 2. The van der Waals surface area contributed by atoms with Gasteiger partial charge < -0.3 is 10.2 Å². The average molecular weight is 272 g/mol. The molecular formula is C17H24N2O. The number of benzene rings is 1. The molecule has 1 aliphatic heterocycles. The van der Waals surface area contributed by atoms with Gasteiger partial charge >= 0.3 is 0 Å². The summed E-state index contributed by atoms with van der Waals surface area (Å²) in [5.41, 5.74) is 2.38. The molecule has 1 heterocycles. The van der Waals surface area contributed by atoms with Crippen LogP contribution in [0.15, 0.2) is 24.3 Å². The van der Waals surface area contributed by atoms with Gasteiger partial charge in [0.15, 0.2) is 0 Å². The predicted molar refractivity (Wildman–Crippen MR) is 81.7 cm³/mol. The normalized spacial score (nSPS) is 29.3. The summed E-state index contributed by atoms with van der Waals surface area (Å²) in [4.78, 5) is 14.9. The number of nitrogens with one attached hydrogen (secondary N) is 1. The van der Waals surface area contributed by atoms with E-state index in [9.17, 15) is 4.79 Å². The van der Waals surface area contributed by atoms with Crippen molar-refractivity contribution >= 4 is 11.6 Å². The first-order chi connectivity index (χ1) is 9.72. The molecular weight excluding hydrogens is 248 g/mol. The van der Waals surface area contributed by atoms with Gasteiger partial charge in [0.05, 0.1) is 0 Å². The molecule has 1 fully saturated rings. The van der Waals surface area contributed by atoms with E-state index in [0.29, 0.717) is 17.9 Å². The molecule has 0 spiro atoms. The third-order valence-electron chi connectivity index (χ3n) is 5.04. The lowest BCUT2D eigenvalue weighted by Gasteiger charge is -2.36. The third kappa shape index (κ3) is 2.24. The minimum atomic E-state index is 0.231. The van der Waals surface area contributed by atoms with Crippen LogP contribution in [0, 0.1) is 11.8 Å². The highest BCUT2D eigenvalue weighted by molar-refractivity contribution is 5.96. The maximum absolute atomic E-state index is 12.9. The number of fused-ring (bicyclic) bond motifs is 1. The molecule has 0 aromatic heterocycles. The van der Waals surface area contributed by atoms with E-state index in [1.54, 1.807) is 0 Å². The SMILES string of the molecule is CNC1CCN(C(=O)C2CCCC2C)c2ccccc21. The molecule has 20 heavy (non-hydrogen) atoms. The van der Waals surface area contributed by atoms with Crippen molar-refractivity contribution in [3.63, 3.8) is 0 Å². The zero-order valence-corrected chi connectivity index (χ0v) is 12.4. The molecule has 3 nitrogen and oxygen atoms in total. The topological polar surface area (TPSA) is 32.3 Å². The van der Waals surface area contributed by atoms with Gasteiger partial charge in [-0.25, -0.2) is 0 Å². The second-order valence-corrected chi connectivity index (χ2v) is 6.19. The fourth-order valence-corrected chi connectivity index (χ4v) is 3.80. The Morgan fingerprint density at radius 3 is 2.75 bits per heavy atom. The summed E-state index contributed by atoms with van der Waals surface area (Å²) in [6.07, 6.45) is 4.46. The Morgan fingerprint density at radius 1 is 1.25 bits per heavy atom. The smallest absolute Gasteiger partial charge is 0.230 e. The third-order valence-corrected chi connectivity index (χ3v) is 5.04. The highest BCUT2D eigenvalue weighted by Crippen LogP contribution is 2.38. The molecule has 1 amide bonds. The van der Waals surface area contributed by atoms with Gasteiger partial charge in [0.25, 0.3) is 0 Å². The van der Waals surface area contributed by atoms with E-state index in [1.807, 2.05) is 18.0 Å². The number of hydrogen-bond acceptors (Lipinski definition) is 2. The number of nitrogens with zero attached hydrogens (tertiary/aromatic N) is 1. The van der Waals surface area contributed by atoms with Gasteiger partial charge in [-0.15, -0.1) is 0 Å². The number of para-hydroxylation sites is 1. The number of amides is 1. The van der Waals surface area contributed by atoms with Crippen molar-refractivity contribution in [2.24, 2.45) is 11.8 Å². The summed E-state index contributed by atoms with van der Waals surface area (Å²) in [5.74, 6) is 1.11. The molecule has 1 aliphatic carbocycles. The first kappa shape index (κ1) is 13.6. The van der Waals surface area contributed by atoms with Gasteiger partial charge in [0.2, 0.25) is 5.91 Å². The predicted octanol–water partition coefficient (Wildman–Crippen LogP) is 3.12. The summed E-state index contributed by atoms with van der Waals surface area (Å²) < 4.78 is 0. The fourth-order valence-electron chi connectivity index (χ4n) is 3.80. The van der Waals surface area contributed by atoms with Crippen LogP contribution in [-0.2, 0) is 4.79 Å². The van der Waals surface area contributed by atoms with Crippen molar-refractivity contribution in [2.45, 2.75) is 38.6 Å². The standard InChI is InChI=1S/C17H24N2O/c1-12-6-5-8-13(12)17(20)19-11-10-15(18-2)14-7-3-4-9-16(14)19/h3-4,7,9,12-13,15,18H,5-6,8,10-11H2,1-2H3. The van der Waals surface area contributed by atoms with Crippen LogP contribution in [0.5, 0.6) is 0 Å². The molecule has 1 aromatic rings. The zero-order valence-electron chi connectivity index (χ0n) is 12.4. The van der Waals surface area contributed by atoms with Gasteiger partial charge in [-0.2, -0.15) is 0 Å². The summed E-state index contributed by atoms with van der Waals surface area (Å²) in [6.45, 7) is 3.06. The number of hydrogen-bond donors (Lipinski definition) is 1. The van der Waals surface area contributed by atoms with Crippen LogP contribution >= 0.6 is 0 Å². The van der Waals surface area contributed by atoms with Crippen LogP contribution < -0.4 is 10.2 Å². The van der Waals surface area contributed by atoms with Crippen molar-refractivity contribution in [1.82, 2.24) is 5.32 Å². The van der Waals surface area contributed by atoms with E-state index in [1.165, 1.54) is 18.4 Å². The van der Waals surface area contributed by atoms with E-state index in [2.05, 4.69) is 30.4 Å². The van der Waals surface area contributed by atoms with Crippen LogP contribution in [0.1, 0.15) is 44.2 Å². The van der Waals surface area contributed by atoms with Gasteiger partial charge in [0, 0.05) is 24.2 Å². The Morgan fingerprint density at radius 2 is 2.05 bits per heavy atom. The van der Waals surface area contributed by atoms with Gasteiger partial charge in [-0.3, -0.25) is 4.79 Å². The number of anilines is 1. The quantitative estimate of drug-likeness (QED) is 0.897. The highest BCUT2D eigenvalue weighted by atomic mass is 16.2. The molecule has 0 radical (unpaired) electrons. The molecule has 108 valence electrons. The Labute approximate surface area is 121 Å². The molecule has 3 heteroatoms. The van der Waals surface area contributed by atoms with E-state index >= 15 is 0 Å². The average Bonchev–Trinajstić information content (AvgIpc) is 2.91. The van der Waals surface area contributed by atoms with E-state index in [4.69, 9.17) is 0 Å². The second kappa shape index (κ2) is 5.57. The summed E-state index contributed by atoms with van der Waals surface area (Å²) in [5, 5.41) is 3.36. The van der Waals surface area contributed by atoms with Gasteiger partial charge in [-0.1, -0.05) is 31.5 Å². The Kier molecular flexibility index (Phi) is 3.79. The monoisotopic (exact) mass is 272 g/mol. The lowest BCUT2D eigenvalue weighted by Crippen LogP contribution is -2.42. The van der Waals surface area contributed by atoms with E-state index < -0.39 is 0 Å². The maximum atomic E-state index is 12.9. The Bertz CT molecular complexity index is 500. The van der Waals surface area contributed by atoms with Crippen molar-refractivity contribution < 1.29 is 4.79 Å². The van der Waals surface area contributed by atoms with Crippen LogP contribution in [0.4, 0.5) is 5.69 Å². The Hall–Kier alpha value is -1.35. The molecule has 3 rings (SSSR count). The van der Waals surface area contributed by atoms with Crippen molar-refractivity contribution in [3.05, 3.63) is 29.8 Å². The lowest BCUT2D eigenvalue weighted by atomic mass is 9.92. The molecule has 2 aliphatic rings. The number of carbonyl (C=O) groups excluding carboxylic acids is 1. The summed E-state index contributed by atoms with van der Waals surface area (Å²) in [7, 11) is 2.00. The van der Waals surface area contributed by atoms with E-state index in [0.717, 1.165) is 25.1 Å². The van der Waals surface area contributed by atoms with Crippen molar-refractivity contribution in [3.8, 4) is 0 Å². The van der Waals surface area contributed by atoms with Gasteiger partial charge in [0.1, 0.15) is 0 Å². The number of carbonyl (C=O) groups is 1. The van der Waals surface area contributed by atoms with Crippen LogP contribution in [0.3, 0.4) is 0 Å². The molecule has 1 N–H and O–H groups in total. The minimum absolute atomic E-state index is 0.231. The van der Waals surface area contributed by atoms with Crippen molar-refractivity contribution in [1.29, 1.82) is 0 Å². The van der Waals surface area contributed by atoms with Gasteiger partial charge in [-0.05, 0) is 43.9 Å². The molecule has 0 bridgehead atoms. The summed E-state index contributed by atoms with van der Waals surface area (Å²) in [6, 6.07) is 8.71. The van der Waals surface area contributed by atoms with Crippen LogP contribution in [0.2, 0.25) is 0 Å². The Balaban J connectivity index is 1.89. The second-order valence-electron chi connectivity index (χ2n) is 6.19. The van der Waals surface area contributed by atoms with Crippen LogP contribution in [-0.4, -0.2) is 19.5 Å². The molecule has 3 unspecified atom stereocenters. The molecule has 3 atom stereocenters. The van der Waals surface area contributed by atoms with Crippen molar-refractivity contribution in [2.75, 3.05) is 18.5 Å². The molecule has 0 saturated heterocycles. The highest BCUT2D eigenvalue weighted by Gasteiger charge is 2.36.